The lowest BCUT2D eigenvalue weighted by atomic mass is 10.0. The first-order valence-corrected chi connectivity index (χ1v) is 6.38. The van der Waals surface area contributed by atoms with Crippen molar-refractivity contribution in [1.29, 1.82) is 0 Å². The summed E-state index contributed by atoms with van der Waals surface area (Å²) in [5.41, 5.74) is 0.113. The number of carbonyl (C=O) groups excluding carboxylic acids is 1. The predicted octanol–water partition coefficient (Wildman–Crippen LogP) is 1.71. The Bertz CT molecular complexity index is 469. The van der Waals surface area contributed by atoms with Crippen LogP contribution in [0.15, 0.2) is 30.3 Å². The zero-order chi connectivity index (χ0) is 13.9. The largest absolute Gasteiger partial charge is 0.480 e. The van der Waals surface area contributed by atoms with E-state index in [1.54, 1.807) is 0 Å². The minimum absolute atomic E-state index is 0.187. The summed E-state index contributed by atoms with van der Waals surface area (Å²) in [6, 6.07) is 9.45. The van der Waals surface area contributed by atoms with E-state index in [2.05, 4.69) is 10.6 Å². The summed E-state index contributed by atoms with van der Waals surface area (Å²) in [6.45, 7) is 2.49. The number of amides is 2. The van der Waals surface area contributed by atoms with Gasteiger partial charge < -0.3 is 15.7 Å². The van der Waals surface area contributed by atoms with Gasteiger partial charge in [-0.05, 0) is 24.3 Å². The van der Waals surface area contributed by atoms with E-state index in [0.717, 1.165) is 5.56 Å². The van der Waals surface area contributed by atoms with Gasteiger partial charge in [-0.15, -0.1) is 0 Å². The van der Waals surface area contributed by atoms with Crippen molar-refractivity contribution in [3.8, 4) is 0 Å². The first kappa shape index (κ1) is 13.4. The van der Waals surface area contributed by atoms with E-state index in [9.17, 15) is 9.59 Å². The SMILES string of the molecule is CC(CNC(=O)NC1(C(=O)O)CC1)c1ccccc1. The van der Waals surface area contributed by atoms with Crippen molar-refractivity contribution in [2.45, 2.75) is 31.2 Å². The van der Waals surface area contributed by atoms with E-state index < -0.39 is 17.5 Å². The van der Waals surface area contributed by atoms with Gasteiger partial charge in [-0.1, -0.05) is 37.3 Å². The fourth-order valence-electron chi connectivity index (χ4n) is 1.92. The molecule has 0 spiro atoms. The summed E-state index contributed by atoms with van der Waals surface area (Å²) in [5, 5.41) is 14.2. The monoisotopic (exact) mass is 262 g/mol. The van der Waals surface area contributed by atoms with Crippen LogP contribution in [-0.2, 0) is 4.79 Å². The van der Waals surface area contributed by atoms with Gasteiger partial charge in [-0.3, -0.25) is 0 Å². The Morgan fingerprint density at radius 3 is 2.47 bits per heavy atom. The number of hydrogen-bond acceptors (Lipinski definition) is 2. The molecular formula is C14H18N2O3. The second-order valence-corrected chi connectivity index (χ2v) is 5.03. The summed E-state index contributed by atoms with van der Waals surface area (Å²) >= 11 is 0. The maximum Gasteiger partial charge on any atom is 0.329 e. The molecule has 1 fully saturated rings. The highest BCUT2D eigenvalue weighted by Crippen LogP contribution is 2.35. The second-order valence-electron chi connectivity index (χ2n) is 5.03. The average Bonchev–Trinajstić information content (AvgIpc) is 3.18. The summed E-state index contributed by atoms with van der Waals surface area (Å²) in [5.74, 6) is -0.773. The van der Waals surface area contributed by atoms with E-state index >= 15 is 0 Å². The molecular weight excluding hydrogens is 244 g/mol. The highest BCUT2D eigenvalue weighted by atomic mass is 16.4. The average molecular weight is 262 g/mol. The number of carbonyl (C=O) groups is 2. The minimum Gasteiger partial charge on any atom is -0.480 e. The lowest BCUT2D eigenvalue weighted by molar-refractivity contribution is -0.140. The Kier molecular flexibility index (Phi) is 3.74. The fraction of sp³-hybridized carbons (Fsp3) is 0.429. The minimum atomic E-state index is -1.03. The van der Waals surface area contributed by atoms with Crippen LogP contribution in [0.3, 0.4) is 0 Å². The van der Waals surface area contributed by atoms with Crippen LogP contribution in [0.2, 0.25) is 0 Å². The Labute approximate surface area is 112 Å². The smallest absolute Gasteiger partial charge is 0.329 e. The van der Waals surface area contributed by atoms with Crippen LogP contribution < -0.4 is 10.6 Å². The lowest BCUT2D eigenvalue weighted by Gasteiger charge is -2.16. The molecule has 5 nitrogen and oxygen atoms in total. The topological polar surface area (TPSA) is 78.4 Å². The third-order valence-corrected chi connectivity index (χ3v) is 3.45. The van der Waals surface area contributed by atoms with Crippen LogP contribution in [0.1, 0.15) is 31.2 Å². The number of carboxylic acid groups (broad SMARTS) is 1. The van der Waals surface area contributed by atoms with Crippen molar-refractivity contribution >= 4 is 12.0 Å². The molecule has 1 saturated carbocycles. The van der Waals surface area contributed by atoms with Crippen molar-refractivity contribution in [3.05, 3.63) is 35.9 Å². The summed E-state index contributed by atoms with van der Waals surface area (Å²) in [7, 11) is 0. The maximum atomic E-state index is 11.7. The molecule has 0 heterocycles. The Morgan fingerprint density at radius 1 is 1.32 bits per heavy atom. The first-order valence-electron chi connectivity index (χ1n) is 6.38. The summed E-state index contributed by atoms with van der Waals surface area (Å²) in [6.07, 6.45) is 1.01. The molecule has 0 radical (unpaired) electrons. The van der Waals surface area contributed by atoms with Gasteiger partial charge in [0, 0.05) is 6.54 Å². The highest BCUT2D eigenvalue weighted by molar-refractivity contribution is 5.88. The molecule has 5 heteroatoms. The molecule has 1 unspecified atom stereocenters. The Balaban J connectivity index is 1.80. The van der Waals surface area contributed by atoms with Crippen LogP contribution in [0.5, 0.6) is 0 Å². The van der Waals surface area contributed by atoms with Crippen molar-refractivity contribution in [1.82, 2.24) is 10.6 Å². The van der Waals surface area contributed by atoms with Crippen molar-refractivity contribution < 1.29 is 14.7 Å². The molecule has 0 aliphatic heterocycles. The van der Waals surface area contributed by atoms with Gasteiger partial charge in [0.1, 0.15) is 5.54 Å². The zero-order valence-electron chi connectivity index (χ0n) is 10.8. The Hall–Kier alpha value is -2.04. The van der Waals surface area contributed by atoms with Gasteiger partial charge in [0.2, 0.25) is 0 Å². The van der Waals surface area contributed by atoms with Gasteiger partial charge in [-0.25, -0.2) is 9.59 Å². The molecule has 2 amide bonds. The molecule has 19 heavy (non-hydrogen) atoms. The van der Waals surface area contributed by atoms with E-state index in [1.807, 2.05) is 37.3 Å². The number of hydrogen-bond donors (Lipinski definition) is 3. The molecule has 3 N–H and O–H groups in total. The molecule has 2 rings (SSSR count). The van der Waals surface area contributed by atoms with Crippen LogP contribution in [-0.4, -0.2) is 29.2 Å². The van der Waals surface area contributed by atoms with Crippen LogP contribution in [0.25, 0.3) is 0 Å². The summed E-state index contributed by atoms with van der Waals surface area (Å²) < 4.78 is 0. The number of aliphatic carboxylic acids is 1. The van der Waals surface area contributed by atoms with Gasteiger partial charge in [0.25, 0.3) is 0 Å². The molecule has 1 aromatic rings. The molecule has 0 saturated heterocycles. The third kappa shape index (κ3) is 3.24. The number of nitrogens with one attached hydrogen (secondary N) is 2. The quantitative estimate of drug-likeness (QED) is 0.755. The van der Waals surface area contributed by atoms with Crippen molar-refractivity contribution in [3.63, 3.8) is 0 Å². The maximum absolute atomic E-state index is 11.7. The van der Waals surface area contributed by atoms with E-state index in [1.165, 1.54) is 0 Å². The zero-order valence-corrected chi connectivity index (χ0v) is 10.8. The predicted molar refractivity (Wildman–Crippen MR) is 71.0 cm³/mol. The number of benzene rings is 1. The fourth-order valence-corrected chi connectivity index (χ4v) is 1.92. The van der Waals surface area contributed by atoms with Gasteiger partial charge >= 0.3 is 12.0 Å². The number of urea groups is 1. The number of rotatable bonds is 5. The first-order chi connectivity index (χ1) is 9.03. The molecule has 1 aliphatic carbocycles. The van der Waals surface area contributed by atoms with E-state index in [0.29, 0.717) is 19.4 Å². The Morgan fingerprint density at radius 2 is 1.95 bits per heavy atom. The summed E-state index contributed by atoms with van der Waals surface area (Å²) in [4.78, 5) is 22.6. The van der Waals surface area contributed by atoms with Gasteiger partial charge in [-0.2, -0.15) is 0 Å². The lowest BCUT2D eigenvalue weighted by Crippen LogP contribution is -2.48. The third-order valence-electron chi connectivity index (χ3n) is 3.45. The van der Waals surface area contributed by atoms with Gasteiger partial charge in [0.15, 0.2) is 0 Å². The highest BCUT2D eigenvalue weighted by Gasteiger charge is 2.51. The van der Waals surface area contributed by atoms with Crippen LogP contribution in [0, 0.1) is 0 Å². The van der Waals surface area contributed by atoms with Crippen molar-refractivity contribution in [2.75, 3.05) is 6.54 Å². The van der Waals surface area contributed by atoms with Crippen LogP contribution in [0.4, 0.5) is 4.79 Å². The van der Waals surface area contributed by atoms with E-state index in [-0.39, 0.29) is 5.92 Å². The van der Waals surface area contributed by atoms with E-state index in [4.69, 9.17) is 5.11 Å². The molecule has 102 valence electrons. The molecule has 0 aromatic heterocycles. The second kappa shape index (κ2) is 5.30. The molecule has 1 atom stereocenters. The van der Waals surface area contributed by atoms with Gasteiger partial charge in [0.05, 0.1) is 0 Å². The molecule has 0 bridgehead atoms. The molecule has 1 aliphatic rings. The molecule has 1 aromatic carbocycles. The standard InChI is InChI=1S/C14H18N2O3/c1-10(11-5-3-2-4-6-11)9-15-13(19)16-14(7-8-14)12(17)18/h2-6,10H,7-9H2,1H3,(H,17,18)(H2,15,16,19). The number of carboxylic acids is 1. The van der Waals surface area contributed by atoms with Crippen molar-refractivity contribution in [2.24, 2.45) is 0 Å². The van der Waals surface area contributed by atoms with Crippen LogP contribution >= 0.6 is 0 Å². The normalized spacial score (nSPS) is 17.3.